The van der Waals surface area contributed by atoms with Gasteiger partial charge < -0.3 is 5.32 Å². The lowest BCUT2D eigenvalue weighted by atomic mass is 10.0. The van der Waals surface area contributed by atoms with Crippen molar-refractivity contribution in [2.24, 2.45) is 0 Å². The molecule has 1 amide bonds. The van der Waals surface area contributed by atoms with E-state index in [9.17, 15) is 4.79 Å². The van der Waals surface area contributed by atoms with Crippen molar-refractivity contribution in [3.63, 3.8) is 0 Å². The highest BCUT2D eigenvalue weighted by molar-refractivity contribution is 6.36. The summed E-state index contributed by atoms with van der Waals surface area (Å²) in [5.74, 6) is -0.195. The van der Waals surface area contributed by atoms with Gasteiger partial charge in [-0.25, -0.2) is 4.98 Å². The molecule has 0 bridgehead atoms. The summed E-state index contributed by atoms with van der Waals surface area (Å²) in [6.07, 6.45) is 0. The maximum absolute atomic E-state index is 13.1. The van der Waals surface area contributed by atoms with E-state index in [0.29, 0.717) is 21.3 Å². The number of para-hydroxylation sites is 2. The lowest BCUT2D eigenvalue weighted by molar-refractivity contribution is 0.102. The van der Waals surface area contributed by atoms with Gasteiger partial charge in [-0.1, -0.05) is 59.6 Å². The third-order valence-electron chi connectivity index (χ3n) is 4.56. The van der Waals surface area contributed by atoms with Crippen molar-refractivity contribution in [1.29, 1.82) is 0 Å². The number of nitrogens with zero attached hydrogens (tertiary/aromatic N) is 1. The van der Waals surface area contributed by atoms with Gasteiger partial charge in [0, 0.05) is 21.7 Å². The molecule has 28 heavy (non-hydrogen) atoms. The number of aryl methyl sites for hydroxylation is 1. The van der Waals surface area contributed by atoms with Gasteiger partial charge >= 0.3 is 0 Å². The number of benzene rings is 3. The lowest BCUT2D eigenvalue weighted by Crippen LogP contribution is -2.14. The van der Waals surface area contributed by atoms with E-state index in [2.05, 4.69) is 5.32 Å². The molecule has 0 aliphatic rings. The van der Waals surface area contributed by atoms with Crippen LogP contribution in [-0.2, 0) is 0 Å². The fourth-order valence-electron chi connectivity index (χ4n) is 3.10. The summed E-state index contributed by atoms with van der Waals surface area (Å²) < 4.78 is 0. The Morgan fingerprint density at radius 2 is 1.68 bits per heavy atom. The molecule has 3 aromatic carbocycles. The molecule has 1 aromatic heterocycles. The standard InChI is InChI=1S/C23H16Cl2N2O/c1-14-6-2-4-8-20(14)27-23(28)18-13-22(17-11-10-15(24)12-19(17)25)26-21-9-5-3-7-16(18)21/h2-13H,1H3,(H,27,28). The number of nitrogens with one attached hydrogen (secondary N) is 1. The minimum absolute atomic E-state index is 0.195. The van der Waals surface area contributed by atoms with E-state index in [1.807, 2.05) is 61.5 Å². The van der Waals surface area contributed by atoms with Crippen LogP contribution >= 0.6 is 23.2 Å². The molecule has 0 saturated heterocycles. The van der Waals surface area contributed by atoms with Crippen LogP contribution in [0.2, 0.25) is 10.0 Å². The van der Waals surface area contributed by atoms with Gasteiger partial charge in [-0.2, -0.15) is 0 Å². The zero-order valence-electron chi connectivity index (χ0n) is 15.0. The predicted octanol–water partition coefficient (Wildman–Crippen LogP) is 6.77. The largest absolute Gasteiger partial charge is 0.322 e. The molecule has 0 saturated carbocycles. The van der Waals surface area contributed by atoms with Crippen molar-refractivity contribution in [2.45, 2.75) is 6.92 Å². The molecule has 0 unspecified atom stereocenters. The van der Waals surface area contributed by atoms with Gasteiger partial charge in [0.25, 0.3) is 5.91 Å². The Hall–Kier alpha value is -2.88. The highest BCUT2D eigenvalue weighted by Crippen LogP contribution is 2.32. The first-order valence-electron chi connectivity index (χ1n) is 8.75. The average molecular weight is 407 g/mol. The summed E-state index contributed by atoms with van der Waals surface area (Å²) in [6.45, 7) is 1.96. The zero-order chi connectivity index (χ0) is 19.7. The van der Waals surface area contributed by atoms with Crippen molar-refractivity contribution < 1.29 is 4.79 Å². The van der Waals surface area contributed by atoms with Gasteiger partial charge in [0.05, 0.1) is 21.8 Å². The third kappa shape index (κ3) is 3.59. The van der Waals surface area contributed by atoms with E-state index in [1.54, 1.807) is 18.2 Å². The molecule has 138 valence electrons. The number of hydrogen-bond donors (Lipinski definition) is 1. The van der Waals surface area contributed by atoms with Gasteiger partial charge in [-0.3, -0.25) is 4.79 Å². The van der Waals surface area contributed by atoms with Crippen LogP contribution in [0.5, 0.6) is 0 Å². The molecular weight excluding hydrogens is 391 g/mol. The normalized spacial score (nSPS) is 10.8. The number of rotatable bonds is 3. The van der Waals surface area contributed by atoms with Crippen molar-refractivity contribution in [3.05, 3.63) is 94.0 Å². The number of aromatic nitrogens is 1. The van der Waals surface area contributed by atoms with E-state index in [-0.39, 0.29) is 5.91 Å². The second-order valence-electron chi connectivity index (χ2n) is 6.47. The van der Waals surface area contributed by atoms with Gasteiger partial charge in [0.2, 0.25) is 0 Å². The molecule has 0 aliphatic heterocycles. The second kappa shape index (κ2) is 7.63. The molecule has 1 N–H and O–H groups in total. The molecule has 0 radical (unpaired) electrons. The first kappa shape index (κ1) is 18.5. The summed E-state index contributed by atoms with van der Waals surface area (Å²) in [4.78, 5) is 17.8. The minimum Gasteiger partial charge on any atom is -0.322 e. The molecule has 1 heterocycles. The number of amides is 1. The molecule has 5 heteroatoms. The average Bonchev–Trinajstić information content (AvgIpc) is 2.69. The van der Waals surface area contributed by atoms with E-state index in [0.717, 1.165) is 27.7 Å². The fourth-order valence-corrected chi connectivity index (χ4v) is 3.61. The Morgan fingerprint density at radius 1 is 0.929 bits per heavy atom. The Morgan fingerprint density at radius 3 is 2.46 bits per heavy atom. The van der Waals surface area contributed by atoms with Crippen LogP contribution in [0.25, 0.3) is 22.2 Å². The van der Waals surface area contributed by atoms with Crippen LogP contribution < -0.4 is 5.32 Å². The maximum atomic E-state index is 13.1. The monoisotopic (exact) mass is 406 g/mol. The SMILES string of the molecule is Cc1ccccc1NC(=O)c1cc(-c2ccc(Cl)cc2Cl)nc2ccccc12. The highest BCUT2D eigenvalue weighted by Gasteiger charge is 2.16. The maximum Gasteiger partial charge on any atom is 0.256 e. The molecule has 0 aliphatic carbocycles. The van der Waals surface area contributed by atoms with Gasteiger partial charge in [-0.05, 0) is 48.9 Å². The van der Waals surface area contributed by atoms with Crippen molar-refractivity contribution in [1.82, 2.24) is 4.98 Å². The summed E-state index contributed by atoms with van der Waals surface area (Å²) in [5.41, 5.74) is 4.38. The van der Waals surface area contributed by atoms with Crippen LogP contribution in [0.15, 0.2) is 72.8 Å². The Bertz CT molecular complexity index is 1200. The Balaban J connectivity index is 1.85. The summed E-state index contributed by atoms with van der Waals surface area (Å²) in [7, 11) is 0. The topological polar surface area (TPSA) is 42.0 Å². The quantitative estimate of drug-likeness (QED) is 0.407. The van der Waals surface area contributed by atoms with Gasteiger partial charge in [0.15, 0.2) is 0 Å². The molecule has 4 rings (SSSR count). The zero-order valence-corrected chi connectivity index (χ0v) is 16.6. The van der Waals surface area contributed by atoms with Gasteiger partial charge in [0.1, 0.15) is 0 Å². The highest BCUT2D eigenvalue weighted by atomic mass is 35.5. The number of carbonyl (C=O) groups excluding carboxylic acids is 1. The van der Waals surface area contributed by atoms with Crippen molar-refractivity contribution in [3.8, 4) is 11.3 Å². The first-order chi connectivity index (χ1) is 13.5. The molecule has 3 nitrogen and oxygen atoms in total. The number of carbonyl (C=O) groups is 1. The second-order valence-corrected chi connectivity index (χ2v) is 7.31. The van der Waals surface area contributed by atoms with Crippen LogP contribution in [-0.4, -0.2) is 10.9 Å². The number of anilines is 1. The van der Waals surface area contributed by atoms with E-state index >= 15 is 0 Å². The Labute approximate surface area is 172 Å². The number of halogens is 2. The smallest absolute Gasteiger partial charge is 0.256 e. The molecule has 0 spiro atoms. The van der Waals surface area contributed by atoms with Crippen LogP contribution in [0.1, 0.15) is 15.9 Å². The minimum atomic E-state index is -0.195. The van der Waals surface area contributed by atoms with Crippen LogP contribution in [0.3, 0.4) is 0 Å². The van der Waals surface area contributed by atoms with Crippen LogP contribution in [0.4, 0.5) is 5.69 Å². The lowest BCUT2D eigenvalue weighted by Gasteiger charge is -2.12. The number of fused-ring (bicyclic) bond motifs is 1. The number of pyridine rings is 1. The summed E-state index contributed by atoms with van der Waals surface area (Å²) in [5, 5.41) is 4.82. The molecular formula is C23H16Cl2N2O. The van der Waals surface area contributed by atoms with E-state index < -0.39 is 0 Å². The predicted molar refractivity (Wildman–Crippen MR) is 116 cm³/mol. The van der Waals surface area contributed by atoms with Crippen molar-refractivity contribution in [2.75, 3.05) is 5.32 Å². The molecule has 4 aromatic rings. The number of hydrogen-bond acceptors (Lipinski definition) is 2. The first-order valence-corrected chi connectivity index (χ1v) is 9.51. The molecule has 0 atom stereocenters. The van der Waals surface area contributed by atoms with Crippen LogP contribution in [0, 0.1) is 6.92 Å². The summed E-state index contributed by atoms with van der Waals surface area (Å²) >= 11 is 12.4. The molecule has 0 fully saturated rings. The van der Waals surface area contributed by atoms with E-state index in [4.69, 9.17) is 28.2 Å². The van der Waals surface area contributed by atoms with Gasteiger partial charge in [-0.15, -0.1) is 0 Å². The third-order valence-corrected chi connectivity index (χ3v) is 5.11. The Kier molecular flexibility index (Phi) is 5.03. The van der Waals surface area contributed by atoms with Crippen molar-refractivity contribution >= 4 is 45.7 Å². The summed E-state index contributed by atoms with van der Waals surface area (Å²) in [6, 6.07) is 22.2. The fraction of sp³-hybridized carbons (Fsp3) is 0.0435. The van der Waals surface area contributed by atoms with E-state index in [1.165, 1.54) is 0 Å².